The van der Waals surface area contributed by atoms with Gasteiger partial charge in [-0.3, -0.25) is 9.48 Å². The minimum Gasteiger partial charge on any atom is -0.398 e. The monoisotopic (exact) mass is 312 g/mol. The van der Waals surface area contributed by atoms with Crippen LogP contribution in [-0.4, -0.2) is 22.2 Å². The van der Waals surface area contributed by atoms with Crippen LogP contribution in [0.15, 0.2) is 24.4 Å². The molecule has 122 valence electrons. The first-order valence-corrected chi connectivity index (χ1v) is 8.05. The predicted molar refractivity (Wildman–Crippen MR) is 92.8 cm³/mol. The molecule has 0 spiro atoms. The third-order valence-corrected chi connectivity index (χ3v) is 4.41. The second kappa shape index (κ2) is 5.41. The van der Waals surface area contributed by atoms with Gasteiger partial charge in [-0.05, 0) is 58.2 Å². The Morgan fingerprint density at radius 2 is 2.04 bits per heavy atom. The number of rotatable bonds is 1. The van der Waals surface area contributed by atoms with E-state index in [4.69, 9.17) is 5.73 Å². The molecule has 0 atom stereocenters. The van der Waals surface area contributed by atoms with Crippen LogP contribution < -0.4 is 10.6 Å². The van der Waals surface area contributed by atoms with E-state index < -0.39 is 0 Å². The fourth-order valence-corrected chi connectivity index (χ4v) is 3.30. The molecular weight excluding hydrogens is 288 g/mol. The van der Waals surface area contributed by atoms with Gasteiger partial charge in [0.25, 0.3) is 5.91 Å². The van der Waals surface area contributed by atoms with Gasteiger partial charge in [0.1, 0.15) is 0 Å². The Morgan fingerprint density at radius 1 is 1.30 bits per heavy atom. The molecular formula is C18H24N4O. The molecule has 0 saturated carbocycles. The van der Waals surface area contributed by atoms with Crippen molar-refractivity contribution in [2.45, 2.75) is 46.1 Å². The highest BCUT2D eigenvalue weighted by atomic mass is 16.2. The largest absolute Gasteiger partial charge is 0.398 e. The van der Waals surface area contributed by atoms with Crippen molar-refractivity contribution in [3.05, 3.63) is 41.2 Å². The van der Waals surface area contributed by atoms with Crippen LogP contribution in [0.1, 0.15) is 48.8 Å². The van der Waals surface area contributed by atoms with Crippen LogP contribution in [0.3, 0.4) is 0 Å². The summed E-state index contributed by atoms with van der Waals surface area (Å²) in [6.07, 6.45) is 3.54. The number of nitrogens with two attached hydrogens (primary N) is 1. The lowest BCUT2D eigenvalue weighted by Crippen LogP contribution is -2.36. The lowest BCUT2D eigenvalue weighted by atomic mass is 9.99. The topological polar surface area (TPSA) is 64.2 Å². The Balaban J connectivity index is 2.01. The molecule has 2 aromatic rings. The van der Waals surface area contributed by atoms with E-state index >= 15 is 0 Å². The minimum atomic E-state index is -0.146. The van der Waals surface area contributed by atoms with Crippen molar-refractivity contribution in [2.24, 2.45) is 0 Å². The maximum Gasteiger partial charge on any atom is 0.261 e. The number of benzene rings is 1. The normalized spacial score (nSPS) is 14.7. The highest BCUT2D eigenvalue weighted by Gasteiger charge is 2.28. The van der Waals surface area contributed by atoms with Crippen LogP contribution in [0.5, 0.6) is 0 Å². The van der Waals surface area contributed by atoms with E-state index in [0.717, 1.165) is 42.0 Å². The lowest BCUT2D eigenvalue weighted by molar-refractivity contribution is 0.0984. The number of carbonyl (C=O) groups is 1. The number of carbonyl (C=O) groups excluding carboxylic acids is 1. The highest BCUT2D eigenvalue weighted by molar-refractivity contribution is 6.07. The number of nitrogens with zero attached hydrogens (tertiary/aromatic N) is 3. The number of hydrogen-bond acceptors (Lipinski definition) is 3. The van der Waals surface area contributed by atoms with E-state index in [1.807, 2.05) is 34.7 Å². The molecule has 2 heterocycles. The summed E-state index contributed by atoms with van der Waals surface area (Å²) in [7, 11) is 0. The Morgan fingerprint density at radius 3 is 2.70 bits per heavy atom. The molecule has 0 fully saturated rings. The van der Waals surface area contributed by atoms with Crippen molar-refractivity contribution in [1.29, 1.82) is 0 Å². The summed E-state index contributed by atoms with van der Waals surface area (Å²) in [5.74, 6) is 0.00421. The van der Waals surface area contributed by atoms with Gasteiger partial charge in [-0.15, -0.1) is 0 Å². The number of nitrogen functional groups attached to an aromatic ring is 1. The summed E-state index contributed by atoms with van der Waals surface area (Å²) in [6, 6.07) is 5.78. The third-order valence-electron chi connectivity index (χ3n) is 4.41. The summed E-state index contributed by atoms with van der Waals surface area (Å²) in [5, 5.41) is 4.42. The number of hydrogen-bond donors (Lipinski definition) is 1. The smallest absolute Gasteiger partial charge is 0.261 e. The Kier molecular flexibility index (Phi) is 3.66. The minimum absolute atomic E-state index is 0.00421. The van der Waals surface area contributed by atoms with Crippen molar-refractivity contribution >= 4 is 17.3 Å². The van der Waals surface area contributed by atoms with E-state index in [0.29, 0.717) is 5.56 Å². The predicted octanol–water partition coefficient (Wildman–Crippen LogP) is 3.12. The van der Waals surface area contributed by atoms with Gasteiger partial charge < -0.3 is 10.6 Å². The molecule has 1 aromatic heterocycles. The van der Waals surface area contributed by atoms with Crippen LogP contribution in [0.4, 0.5) is 11.4 Å². The second-order valence-electron chi connectivity index (χ2n) is 7.13. The average molecular weight is 312 g/mol. The third kappa shape index (κ3) is 2.60. The molecule has 1 amide bonds. The van der Waals surface area contributed by atoms with Gasteiger partial charge in [-0.25, -0.2) is 0 Å². The molecule has 2 N–H and O–H groups in total. The highest BCUT2D eigenvalue weighted by Crippen LogP contribution is 2.32. The summed E-state index contributed by atoms with van der Waals surface area (Å²) in [6.45, 7) is 8.92. The number of aromatic nitrogens is 2. The summed E-state index contributed by atoms with van der Waals surface area (Å²) in [5.41, 5.74) is 10.3. The van der Waals surface area contributed by atoms with Crippen molar-refractivity contribution in [3.63, 3.8) is 0 Å². The number of anilines is 2. The van der Waals surface area contributed by atoms with E-state index in [-0.39, 0.29) is 11.4 Å². The van der Waals surface area contributed by atoms with Crippen molar-refractivity contribution in [3.8, 4) is 0 Å². The van der Waals surface area contributed by atoms with E-state index in [9.17, 15) is 4.79 Å². The molecule has 0 bridgehead atoms. The van der Waals surface area contributed by atoms with Gasteiger partial charge in [-0.1, -0.05) is 6.07 Å². The summed E-state index contributed by atoms with van der Waals surface area (Å²) >= 11 is 0. The number of fused-ring (bicyclic) bond motifs is 1. The van der Waals surface area contributed by atoms with Crippen molar-refractivity contribution < 1.29 is 4.79 Å². The van der Waals surface area contributed by atoms with E-state index in [1.165, 1.54) is 0 Å². The van der Waals surface area contributed by atoms with Crippen molar-refractivity contribution in [2.75, 3.05) is 17.2 Å². The Hall–Kier alpha value is -2.30. The van der Waals surface area contributed by atoms with Crippen molar-refractivity contribution in [1.82, 2.24) is 9.78 Å². The molecule has 1 aliphatic heterocycles. The molecule has 1 aliphatic rings. The zero-order chi connectivity index (χ0) is 16.8. The molecule has 0 aliphatic carbocycles. The molecule has 0 saturated heterocycles. The van der Waals surface area contributed by atoms with Gasteiger partial charge in [0, 0.05) is 23.6 Å². The molecule has 1 aromatic carbocycles. The zero-order valence-electron chi connectivity index (χ0n) is 14.3. The maximum absolute atomic E-state index is 13.1. The van der Waals surface area contributed by atoms with Gasteiger partial charge in [0.05, 0.1) is 17.3 Å². The van der Waals surface area contributed by atoms with Gasteiger partial charge in [0.2, 0.25) is 0 Å². The van der Waals surface area contributed by atoms with Crippen LogP contribution >= 0.6 is 0 Å². The zero-order valence-corrected chi connectivity index (χ0v) is 14.3. The Bertz CT molecular complexity index is 755. The lowest BCUT2D eigenvalue weighted by Gasteiger charge is -2.30. The van der Waals surface area contributed by atoms with Crippen LogP contribution in [-0.2, 0) is 12.0 Å². The second-order valence-corrected chi connectivity index (χ2v) is 7.13. The standard InChI is InChI=1S/C18H24N4O/c1-12-14(11-20-22(12)18(2,3)4)17(23)21-10-6-7-13-15(19)8-5-9-16(13)21/h5,8-9,11H,6-7,10,19H2,1-4H3. The Labute approximate surface area is 137 Å². The van der Waals surface area contributed by atoms with Crippen LogP contribution in [0.2, 0.25) is 0 Å². The molecule has 5 heteroatoms. The van der Waals surface area contributed by atoms with E-state index in [2.05, 4.69) is 25.9 Å². The van der Waals surface area contributed by atoms with Gasteiger partial charge in [0.15, 0.2) is 0 Å². The SMILES string of the molecule is Cc1c(C(=O)N2CCCc3c(N)cccc32)cnn1C(C)(C)C. The first kappa shape index (κ1) is 15.6. The first-order chi connectivity index (χ1) is 10.8. The summed E-state index contributed by atoms with van der Waals surface area (Å²) < 4.78 is 1.91. The molecule has 0 unspecified atom stereocenters. The molecule has 0 radical (unpaired) electrons. The molecule has 5 nitrogen and oxygen atoms in total. The van der Waals surface area contributed by atoms with Crippen LogP contribution in [0, 0.1) is 6.92 Å². The first-order valence-electron chi connectivity index (χ1n) is 8.05. The van der Waals surface area contributed by atoms with Crippen LogP contribution in [0.25, 0.3) is 0 Å². The number of amides is 1. The van der Waals surface area contributed by atoms with E-state index in [1.54, 1.807) is 6.20 Å². The van der Waals surface area contributed by atoms with Gasteiger partial charge >= 0.3 is 0 Å². The fourth-order valence-electron chi connectivity index (χ4n) is 3.30. The molecule has 23 heavy (non-hydrogen) atoms. The maximum atomic E-state index is 13.1. The van der Waals surface area contributed by atoms with Gasteiger partial charge in [-0.2, -0.15) is 5.10 Å². The molecule has 3 rings (SSSR count). The quantitative estimate of drug-likeness (QED) is 0.823. The average Bonchev–Trinajstić information content (AvgIpc) is 2.88. The fraction of sp³-hybridized carbons (Fsp3) is 0.444. The summed E-state index contributed by atoms with van der Waals surface area (Å²) in [4.78, 5) is 14.9.